The van der Waals surface area contributed by atoms with Crippen LogP contribution in [0.15, 0.2) is 41.3 Å². The van der Waals surface area contributed by atoms with Crippen molar-refractivity contribution >= 4 is 21.2 Å². The van der Waals surface area contributed by atoms with E-state index >= 15 is 0 Å². The number of rotatable bonds is 6. The first-order valence-electron chi connectivity index (χ1n) is 7.09. The summed E-state index contributed by atoms with van der Waals surface area (Å²) < 4.78 is 28.7. The molecular formula is C16H18N2O5S. The molecule has 0 saturated heterocycles. The number of nitrogens with zero attached hydrogens (tertiary/aromatic N) is 1. The molecule has 1 N–H and O–H groups in total. The van der Waals surface area contributed by atoms with Gasteiger partial charge in [-0.25, -0.2) is 8.42 Å². The van der Waals surface area contributed by atoms with Crippen LogP contribution in [0.4, 0.5) is 11.4 Å². The molecule has 0 amide bonds. The second-order valence-corrected chi connectivity index (χ2v) is 7.32. The zero-order valence-corrected chi connectivity index (χ0v) is 14.4. The Balaban J connectivity index is 2.33. The van der Waals surface area contributed by atoms with Crippen molar-refractivity contribution in [2.75, 3.05) is 18.7 Å². The number of methoxy groups -OCH3 is 1. The Morgan fingerprint density at radius 1 is 1.25 bits per heavy atom. The van der Waals surface area contributed by atoms with Crippen LogP contribution >= 0.6 is 0 Å². The number of nitro benzene ring substituents is 1. The number of hydrogen-bond acceptors (Lipinski definition) is 6. The number of ether oxygens (including phenoxy) is 1. The lowest BCUT2D eigenvalue weighted by molar-refractivity contribution is -0.386. The Hall–Kier alpha value is -2.61. The summed E-state index contributed by atoms with van der Waals surface area (Å²) in [4.78, 5) is 10.3. The van der Waals surface area contributed by atoms with Crippen molar-refractivity contribution < 1.29 is 18.1 Å². The summed E-state index contributed by atoms with van der Waals surface area (Å²) in [5, 5.41) is 14.3. The summed E-state index contributed by atoms with van der Waals surface area (Å²) in [5.41, 5.74) is 1.56. The zero-order valence-electron chi connectivity index (χ0n) is 13.6. The normalized spacial score (nSPS) is 11.1. The minimum absolute atomic E-state index is 0.163. The summed E-state index contributed by atoms with van der Waals surface area (Å²) in [7, 11) is -2.11. The van der Waals surface area contributed by atoms with Crippen molar-refractivity contribution in [3.05, 3.63) is 57.6 Å². The number of sulfone groups is 1. The van der Waals surface area contributed by atoms with E-state index in [1.54, 1.807) is 7.11 Å². The monoisotopic (exact) mass is 350 g/mol. The molecule has 0 heterocycles. The summed E-state index contributed by atoms with van der Waals surface area (Å²) in [5.74, 6) is 0.754. The largest absolute Gasteiger partial charge is 0.496 e. The predicted octanol–water partition coefficient (Wildman–Crippen LogP) is 2.93. The Bertz CT molecular complexity index is 878. The van der Waals surface area contributed by atoms with Crippen LogP contribution in [0.25, 0.3) is 0 Å². The van der Waals surface area contributed by atoms with Crippen LogP contribution in [-0.2, 0) is 16.4 Å². The molecule has 0 aliphatic heterocycles. The van der Waals surface area contributed by atoms with Gasteiger partial charge in [-0.2, -0.15) is 0 Å². The lowest BCUT2D eigenvalue weighted by Gasteiger charge is -2.11. The van der Waals surface area contributed by atoms with E-state index in [0.717, 1.165) is 23.1 Å². The molecule has 8 heteroatoms. The van der Waals surface area contributed by atoms with Crippen molar-refractivity contribution in [2.24, 2.45) is 0 Å². The summed E-state index contributed by atoms with van der Waals surface area (Å²) in [6, 6.07) is 9.75. The number of aryl methyl sites for hydroxylation is 1. The fourth-order valence-electron chi connectivity index (χ4n) is 2.40. The van der Waals surface area contributed by atoms with Crippen LogP contribution in [0.1, 0.15) is 11.1 Å². The molecule has 7 nitrogen and oxygen atoms in total. The van der Waals surface area contributed by atoms with Gasteiger partial charge in [-0.1, -0.05) is 18.2 Å². The van der Waals surface area contributed by atoms with Crippen molar-refractivity contribution in [3.8, 4) is 5.75 Å². The van der Waals surface area contributed by atoms with Crippen molar-refractivity contribution in [3.63, 3.8) is 0 Å². The maximum Gasteiger partial charge on any atom is 0.310 e. The van der Waals surface area contributed by atoms with E-state index in [-0.39, 0.29) is 10.6 Å². The first-order chi connectivity index (χ1) is 11.2. The highest BCUT2D eigenvalue weighted by molar-refractivity contribution is 7.90. The lowest BCUT2D eigenvalue weighted by Crippen LogP contribution is -2.08. The SMILES string of the molecule is COc1ccc(CNc2cccc(S(C)(=O)=O)c2[N+](=O)[O-])cc1C. The highest BCUT2D eigenvalue weighted by Gasteiger charge is 2.25. The van der Waals surface area contributed by atoms with Gasteiger partial charge in [0, 0.05) is 12.8 Å². The third kappa shape index (κ3) is 3.83. The van der Waals surface area contributed by atoms with Crippen LogP contribution in [0.5, 0.6) is 5.75 Å². The van der Waals surface area contributed by atoms with E-state index in [9.17, 15) is 18.5 Å². The highest BCUT2D eigenvalue weighted by atomic mass is 32.2. The van der Waals surface area contributed by atoms with Gasteiger partial charge in [-0.3, -0.25) is 10.1 Å². The molecule has 0 aliphatic rings. The average Bonchev–Trinajstić information content (AvgIpc) is 2.51. The molecule has 0 fully saturated rings. The third-order valence-corrected chi connectivity index (χ3v) is 4.65. The summed E-state index contributed by atoms with van der Waals surface area (Å²) in [6.07, 6.45) is 0.950. The second kappa shape index (κ2) is 6.88. The molecule has 2 aromatic rings. The first-order valence-corrected chi connectivity index (χ1v) is 8.98. The van der Waals surface area contributed by atoms with Gasteiger partial charge >= 0.3 is 5.69 Å². The molecule has 0 bridgehead atoms. The third-order valence-electron chi connectivity index (χ3n) is 3.52. The zero-order chi connectivity index (χ0) is 17.9. The van der Waals surface area contributed by atoms with E-state index < -0.39 is 20.4 Å². The minimum atomic E-state index is -3.70. The van der Waals surface area contributed by atoms with Crippen LogP contribution in [0.3, 0.4) is 0 Å². The van der Waals surface area contributed by atoms with Crippen LogP contribution in [-0.4, -0.2) is 26.7 Å². The van der Waals surface area contributed by atoms with E-state index in [1.165, 1.54) is 18.2 Å². The molecule has 0 unspecified atom stereocenters. The Morgan fingerprint density at radius 2 is 1.96 bits per heavy atom. The van der Waals surface area contributed by atoms with Crippen molar-refractivity contribution in [1.82, 2.24) is 0 Å². The van der Waals surface area contributed by atoms with Crippen molar-refractivity contribution in [1.29, 1.82) is 0 Å². The predicted molar refractivity (Wildman–Crippen MR) is 91.3 cm³/mol. The number of anilines is 1. The van der Waals surface area contributed by atoms with E-state index in [4.69, 9.17) is 4.74 Å². The molecular weight excluding hydrogens is 332 g/mol. The van der Waals surface area contributed by atoms with Crippen LogP contribution in [0, 0.1) is 17.0 Å². The van der Waals surface area contributed by atoms with Gasteiger partial charge in [0.15, 0.2) is 9.84 Å². The molecule has 128 valence electrons. The summed E-state index contributed by atoms with van der Waals surface area (Å²) >= 11 is 0. The van der Waals surface area contributed by atoms with E-state index in [1.807, 2.05) is 25.1 Å². The van der Waals surface area contributed by atoms with E-state index in [0.29, 0.717) is 6.54 Å². The molecule has 0 aliphatic carbocycles. The highest BCUT2D eigenvalue weighted by Crippen LogP contribution is 2.32. The molecule has 0 atom stereocenters. The molecule has 0 radical (unpaired) electrons. The molecule has 0 aromatic heterocycles. The van der Waals surface area contributed by atoms with Gasteiger partial charge in [-0.15, -0.1) is 0 Å². The van der Waals surface area contributed by atoms with Crippen LogP contribution in [0.2, 0.25) is 0 Å². The molecule has 0 spiro atoms. The molecule has 2 aromatic carbocycles. The number of nitro groups is 1. The van der Waals surface area contributed by atoms with Gasteiger partial charge in [0.25, 0.3) is 0 Å². The number of para-hydroxylation sites is 1. The van der Waals surface area contributed by atoms with Gasteiger partial charge < -0.3 is 10.1 Å². The first kappa shape index (κ1) is 17.7. The standard InChI is InChI=1S/C16H18N2O5S/c1-11-9-12(7-8-14(11)23-2)10-17-13-5-4-6-15(24(3,21)22)16(13)18(19)20/h4-9,17H,10H2,1-3H3. The van der Waals surface area contributed by atoms with Crippen LogP contribution < -0.4 is 10.1 Å². The molecule has 0 saturated carbocycles. The minimum Gasteiger partial charge on any atom is -0.496 e. The van der Waals surface area contributed by atoms with Gasteiger partial charge in [0.1, 0.15) is 16.3 Å². The second-order valence-electron chi connectivity index (χ2n) is 5.34. The molecule has 24 heavy (non-hydrogen) atoms. The number of benzene rings is 2. The topological polar surface area (TPSA) is 98.5 Å². The molecule has 2 rings (SSSR count). The van der Waals surface area contributed by atoms with Gasteiger partial charge in [0.05, 0.1) is 12.0 Å². The van der Waals surface area contributed by atoms with E-state index in [2.05, 4.69) is 5.32 Å². The van der Waals surface area contributed by atoms with Crippen molar-refractivity contribution in [2.45, 2.75) is 18.4 Å². The summed E-state index contributed by atoms with van der Waals surface area (Å²) in [6.45, 7) is 2.22. The fourth-order valence-corrected chi connectivity index (χ4v) is 3.26. The van der Waals surface area contributed by atoms with Gasteiger partial charge in [0.2, 0.25) is 0 Å². The maximum absolute atomic E-state index is 11.8. The Morgan fingerprint density at radius 3 is 2.50 bits per heavy atom. The average molecular weight is 350 g/mol. The number of nitrogens with one attached hydrogen (secondary N) is 1. The maximum atomic E-state index is 11.8. The fraction of sp³-hybridized carbons (Fsp3) is 0.250. The Kier molecular flexibility index (Phi) is 5.08. The Labute approximate surface area is 140 Å². The quantitative estimate of drug-likeness (QED) is 0.635. The lowest BCUT2D eigenvalue weighted by atomic mass is 10.1. The number of hydrogen-bond donors (Lipinski definition) is 1. The smallest absolute Gasteiger partial charge is 0.310 e. The van der Waals surface area contributed by atoms with Gasteiger partial charge in [-0.05, 0) is 36.2 Å².